The monoisotopic (exact) mass is 681 g/mol. The van der Waals surface area contributed by atoms with Crippen molar-refractivity contribution >= 4 is 40.8 Å². The van der Waals surface area contributed by atoms with Gasteiger partial charge in [-0.1, -0.05) is 47.2 Å². The van der Waals surface area contributed by atoms with Crippen LogP contribution in [0.2, 0.25) is 0 Å². The van der Waals surface area contributed by atoms with Crippen LogP contribution >= 0.6 is 11.8 Å². The number of azide groups is 1. The zero-order valence-corrected chi connectivity index (χ0v) is 26.9. The second-order valence-electron chi connectivity index (χ2n) is 10.7. The van der Waals surface area contributed by atoms with Gasteiger partial charge in [0, 0.05) is 45.1 Å². The predicted octanol–water partition coefficient (Wildman–Crippen LogP) is 2.25. The predicted molar refractivity (Wildman–Crippen MR) is 157 cm³/mol. The number of benzene rings is 1. The summed E-state index contributed by atoms with van der Waals surface area (Å²) in [6.07, 6.45) is -11.4. The molecule has 0 saturated carbocycles. The number of fused-ring (bicyclic) bond motifs is 1. The minimum absolute atomic E-state index is 0.0133. The number of carbonyl (C=O) groups is 5. The van der Waals surface area contributed by atoms with E-state index in [0.29, 0.717) is 5.56 Å². The molecule has 0 spiro atoms. The molecular weight excluding hydrogens is 646 g/mol. The fourth-order valence-corrected chi connectivity index (χ4v) is 6.27. The van der Waals surface area contributed by atoms with Gasteiger partial charge in [-0.05, 0) is 5.53 Å². The maximum atomic E-state index is 12.4. The molecule has 1 aromatic carbocycles. The van der Waals surface area contributed by atoms with Gasteiger partial charge in [0.05, 0.1) is 6.61 Å². The van der Waals surface area contributed by atoms with E-state index in [1.165, 1.54) is 6.92 Å². The van der Waals surface area contributed by atoms with Crippen LogP contribution in [0.3, 0.4) is 0 Å². The molecular formula is C29H35N3O14S. The number of carbonyl (C=O) groups excluding carboxylic acids is 5. The lowest BCUT2D eigenvalue weighted by Gasteiger charge is -2.50. The van der Waals surface area contributed by atoms with Crippen molar-refractivity contribution in [3.8, 4) is 0 Å². The Kier molecular flexibility index (Phi) is 12.6. The highest BCUT2D eigenvalue weighted by molar-refractivity contribution is 8.14. The quantitative estimate of drug-likeness (QED) is 0.114. The number of ether oxygens (including phenoxy) is 9. The van der Waals surface area contributed by atoms with Gasteiger partial charge in [0.2, 0.25) is 0 Å². The number of thioether (sulfide) groups is 1. The molecule has 0 aliphatic carbocycles. The first-order chi connectivity index (χ1) is 22.4. The second kappa shape index (κ2) is 16.4. The summed E-state index contributed by atoms with van der Waals surface area (Å²) < 4.78 is 52.5. The molecule has 0 bridgehead atoms. The SMILES string of the molecule is CC(=O)OC[C@H]1O[C@@H](O[C@@H]2[C@@H](N=[N+]=[N-])[C@@H](SC(C)=O)O[C@@H]3CO[C@@H](c4ccccc4)O[C@@H]23)[C@H](OC(C)=O)[C@@H](OC(C)=O)[C@@H]1OC(C)=O. The Morgan fingerprint density at radius 1 is 0.851 bits per heavy atom. The van der Waals surface area contributed by atoms with Gasteiger partial charge in [-0.3, -0.25) is 24.0 Å². The highest BCUT2D eigenvalue weighted by atomic mass is 32.2. The van der Waals surface area contributed by atoms with Crippen LogP contribution in [0.5, 0.6) is 0 Å². The van der Waals surface area contributed by atoms with Crippen molar-refractivity contribution in [2.75, 3.05) is 13.2 Å². The Morgan fingerprint density at radius 3 is 2.09 bits per heavy atom. The minimum Gasteiger partial charge on any atom is -0.463 e. The van der Waals surface area contributed by atoms with Crippen LogP contribution < -0.4 is 0 Å². The van der Waals surface area contributed by atoms with Crippen molar-refractivity contribution in [1.82, 2.24) is 0 Å². The van der Waals surface area contributed by atoms with Crippen LogP contribution in [0, 0.1) is 0 Å². The van der Waals surface area contributed by atoms with Crippen molar-refractivity contribution in [2.45, 2.75) is 101 Å². The number of hydrogen-bond donors (Lipinski definition) is 0. The highest BCUT2D eigenvalue weighted by Crippen LogP contribution is 2.41. The van der Waals surface area contributed by atoms with E-state index in [1.807, 2.05) is 6.07 Å². The van der Waals surface area contributed by atoms with E-state index in [-0.39, 0.29) is 11.7 Å². The molecule has 47 heavy (non-hydrogen) atoms. The van der Waals surface area contributed by atoms with Crippen LogP contribution in [0.15, 0.2) is 35.4 Å². The topological polar surface area (TPSA) is 217 Å². The lowest BCUT2D eigenvalue weighted by molar-refractivity contribution is -0.356. The Balaban J connectivity index is 1.78. The number of hydrogen-bond acceptors (Lipinski definition) is 16. The average molecular weight is 682 g/mol. The third-order valence-corrected chi connectivity index (χ3v) is 8.04. The van der Waals surface area contributed by atoms with Crippen molar-refractivity contribution in [3.05, 3.63) is 46.3 Å². The molecule has 11 atom stereocenters. The molecule has 1 aromatic rings. The van der Waals surface area contributed by atoms with Gasteiger partial charge in [0.25, 0.3) is 0 Å². The van der Waals surface area contributed by atoms with E-state index in [2.05, 4.69) is 10.0 Å². The molecule has 256 valence electrons. The number of esters is 4. The summed E-state index contributed by atoms with van der Waals surface area (Å²) in [7, 11) is 0. The molecule has 4 rings (SSSR count). The molecule has 3 aliphatic rings. The van der Waals surface area contributed by atoms with Crippen LogP contribution in [0.25, 0.3) is 10.4 Å². The van der Waals surface area contributed by atoms with Gasteiger partial charge in [-0.15, -0.1) is 0 Å². The summed E-state index contributed by atoms with van der Waals surface area (Å²) in [6.45, 7) is 5.23. The van der Waals surface area contributed by atoms with Gasteiger partial charge < -0.3 is 42.6 Å². The molecule has 17 nitrogen and oxygen atoms in total. The summed E-state index contributed by atoms with van der Waals surface area (Å²) in [5.74, 6) is -3.16. The smallest absolute Gasteiger partial charge is 0.303 e. The van der Waals surface area contributed by atoms with Gasteiger partial charge in [-0.25, -0.2) is 0 Å². The van der Waals surface area contributed by atoms with Crippen LogP contribution in [-0.2, 0) is 66.6 Å². The third-order valence-electron chi connectivity index (χ3n) is 7.09. The molecule has 0 aromatic heterocycles. The van der Waals surface area contributed by atoms with Gasteiger partial charge in [0.1, 0.15) is 42.5 Å². The lowest BCUT2D eigenvalue weighted by Crippen LogP contribution is -2.66. The molecule has 0 radical (unpaired) electrons. The first-order valence-corrected chi connectivity index (χ1v) is 15.4. The molecule has 0 N–H and O–H groups in total. The fraction of sp³-hybridized carbons (Fsp3) is 0.621. The van der Waals surface area contributed by atoms with E-state index >= 15 is 0 Å². The third kappa shape index (κ3) is 9.41. The second-order valence-corrected chi connectivity index (χ2v) is 12.0. The van der Waals surface area contributed by atoms with Gasteiger partial charge in [0.15, 0.2) is 36.0 Å². The van der Waals surface area contributed by atoms with Gasteiger partial charge in [-0.2, -0.15) is 0 Å². The van der Waals surface area contributed by atoms with Gasteiger partial charge >= 0.3 is 23.9 Å². The van der Waals surface area contributed by atoms with Crippen molar-refractivity contribution in [2.24, 2.45) is 5.11 Å². The van der Waals surface area contributed by atoms with Crippen LogP contribution in [0.4, 0.5) is 0 Å². The number of nitrogens with zero attached hydrogens (tertiary/aromatic N) is 3. The summed E-state index contributed by atoms with van der Waals surface area (Å²) in [4.78, 5) is 63.6. The first kappa shape index (κ1) is 36.1. The maximum absolute atomic E-state index is 12.4. The lowest BCUT2D eigenvalue weighted by atomic mass is 9.95. The normalized spacial score (nSPS) is 33.3. The molecule has 3 saturated heterocycles. The summed E-state index contributed by atoms with van der Waals surface area (Å²) in [6, 6.07) is 7.73. The van der Waals surface area contributed by atoms with E-state index in [9.17, 15) is 29.5 Å². The largest absolute Gasteiger partial charge is 0.463 e. The zero-order valence-electron chi connectivity index (χ0n) is 26.1. The Hall–Kier alpha value is -3.77. The standard InChI is InChI=1S/C29H35N3O14S/c1-13(33)38-11-19-23(40-14(2)34)25(41-15(3)35)26(42-16(4)36)28(43-19)46-24-21(31-32-30)29(47-17(5)37)44-20-12-39-27(45-22(20)24)18-9-7-6-8-10-18/h6-10,19-29H,11-12H2,1-5H3/t19-,20-,21-,22-,23-,24-,25+,26-,27-,28+,29-/m1/s1. The van der Waals surface area contributed by atoms with E-state index < -0.39 is 97.3 Å². The highest BCUT2D eigenvalue weighted by Gasteiger charge is 2.57. The van der Waals surface area contributed by atoms with E-state index in [0.717, 1.165) is 39.5 Å². The maximum Gasteiger partial charge on any atom is 0.303 e. The molecule has 3 aliphatic heterocycles. The minimum atomic E-state index is -1.62. The zero-order chi connectivity index (χ0) is 34.2. The molecule has 0 unspecified atom stereocenters. The molecule has 3 heterocycles. The van der Waals surface area contributed by atoms with E-state index in [1.54, 1.807) is 24.3 Å². The van der Waals surface area contributed by atoms with E-state index in [4.69, 9.17) is 42.6 Å². The van der Waals surface area contributed by atoms with Crippen LogP contribution in [0.1, 0.15) is 46.5 Å². The van der Waals surface area contributed by atoms with Crippen LogP contribution in [-0.4, -0.2) is 103 Å². The fourth-order valence-electron chi connectivity index (χ4n) is 5.39. The van der Waals surface area contributed by atoms with Crippen molar-refractivity contribution < 1.29 is 66.6 Å². The molecule has 3 fully saturated rings. The first-order valence-electron chi connectivity index (χ1n) is 14.5. The summed E-state index contributed by atoms with van der Waals surface area (Å²) in [5.41, 5.74) is 9.14. The Morgan fingerprint density at radius 2 is 1.49 bits per heavy atom. The Labute approximate surface area is 273 Å². The molecule has 18 heteroatoms. The molecule has 0 amide bonds. The number of rotatable bonds is 10. The van der Waals surface area contributed by atoms with Crippen molar-refractivity contribution in [3.63, 3.8) is 0 Å². The Bertz CT molecular complexity index is 1360. The average Bonchev–Trinajstić information content (AvgIpc) is 3.00. The summed E-state index contributed by atoms with van der Waals surface area (Å²) in [5, 5.41) is 3.54. The van der Waals surface area contributed by atoms with Crippen molar-refractivity contribution in [1.29, 1.82) is 0 Å². The summed E-state index contributed by atoms with van der Waals surface area (Å²) >= 11 is 0.754.